The molecule has 2 heterocycles. The number of hydrogen-bond acceptors (Lipinski definition) is 5. The first kappa shape index (κ1) is 14.9. The summed E-state index contributed by atoms with van der Waals surface area (Å²) in [5.41, 5.74) is 0. The first-order valence-corrected chi connectivity index (χ1v) is 8.74. The summed E-state index contributed by atoms with van der Waals surface area (Å²) >= 11 is 1.54. The van der Waals surface area contributed by atoms with Gasteiger partial charge in [0.25, 0.3) is 10.2 Å². The Morgan fingerprint density at radius 1 is 1.58 bits per heavy atom. The summed E-state index contributed by atoms with van der Waals surface area (Å²) in [6, 6.07) is 2.05. The van der Waals surface area contributed by atoms with E-state index in [0.717, 1.165) is 38.9 Å². The molecule has 3 N–H and O–H groups in total. The van der Waals surface area contributed by atoms with Crippen LogP contribution in [0.15, 0.2) is 12.3 Å². The molecule has 0 aliphatic carbocycles. The molecule has 1 aliphatic heterocycles. The third-order valence-corrected chi connectivity index (χ3v) is 4.71. The van der Waals surface area contributed by atoms with Crippen LogP contribution < -0.4 is 9.86 Å². The predicted octanol–water partition coefficient (Wildman–Crippen LogP) is 0.191. The van der Waals surface area contributed by atoms with Gasteiger partial charge >= 0.3 is 0 Å². The molecule has 0 saturated carbocycles. The second-order valence-corrected chi connectivity index (χ2v) is 7.23. The van der Waals surface area contributed by atoms with Gasteiger partial charge in [-0.2, -0.15) is 8.42 Å². The average molecular weight is 304 g/mol. The number of nitrogens with zero attached hydrogens (tertiary/aromatic N) is 2. The van der Waals surface area contributed by atoms with Crippen LogP contribution in [0.5, 0.6) is 0 Å². The lowest BCUT2D eigenvalue weighted by Gasteiger charge is -2.32. The van der Waals surface area contributed by atoms with Gasteiger partial charge in [-0.15, -0.1) is 0 Å². The summed E-state index contributed by atoms with van der Waals surface area (Å²) in [6.07, 6.45) is 5.01. The fraction of sp³-hybridized carbons (Fsp3) is 0.727. The molecule has 1 unspecified atom stereocenters. The van der Waals surface area contributed by atoms with Crippen LogP contribution in [0, 0.1) is 5.92 Å². The molecule has 1 aromatic rings. The van der Waals surface area contributed by atoms with E-state index in [2.05, 4.69) is 20.1 Å². The molecule has 6 nitrogen and oxygen atoms in total. The Morgan fingerprint density at radius 2 is 2.42 bits per heavy atom. The molecule has 1 saturated heterocycles. The summed E-state index contributed by atoms with van der Waals surface area (Å²) in [5.74, 6) is 0.355. The standard InChI is InChI=1S/C11H20N4O2S2/c12-19(16,17)14-8-10-2-1-6-15(9-10)7-4-11-3-5-13-18-11/h3,5,10,14H,1-2,4,6-9H2,(H2,12,16,17). The lowest BCUT2D eigenvalue weighted by molar-refractivity contribution is 0.178. The monoisotopic (exact) mass is 304 g/mol. The molecule has 19 heavy (non-hydrogen) atoms. The van der Waals surface area contributed by atoms with Gasteiger partial charge in [-0.25, -0.2) is 14.2 Å². The summed E-state index contributed by atoms with van der Waals surface area (Å²) < 4.78 is 28.3. The number of nitrogens with one attached hydrogen (secondary N) is 1. The van der Waals surface area contributed by atoms with Gasteiger partial charge in [0.15, 0.2) is 0 Å². The van der Waals surface area contributed by atoms with Gasteiger partial charge in [0.2, 0.25) is 0 Å². The van der Waals surface area contributed by atoms with Gasteiger partial charge < -0.3 is 4.90 Å². The minimum absolute atomic E-state index is 0.355. The zero-order valence-electron chi connectivity index (χ0n) is 10.8. The van der Waals surface area contributed by atoms with Crippen molar-refractivity contribution in [3.05, 3.63) is 17.1 Å². The lowest BCUT2D eigenvalue weighted by Crippen LogP contribution is -2.42. The minimum atomic E-state index is -3.56. The highest BCUT2D eigenvalue weighted by Crippen LogP contribution is 2.16. The van der Waals surface area contributed by atoms with Crippen molar-refractivity contribution < 1.29 is 8.42 Å². The van der Waals surface area contributed by atoms with Gasteiger partial charge in [0.1, 0.15) is 0 Å². The quantitative estimate of drug-likeness (QED) is 0.785. The van der Waals surface area contributed by atoms with Crippen molar-refractivity contribution in [2.45, 2.75) is 19.3 Å². The molecule has 2 rings (SSSR count). The Kier molecular flexibility index (Phi) is 5.28. The lowest BCUT2D eigenvalue weighted by atomic mass is 9.98. The molecule has 0 spiro atoms. The third-order valence-electron chi connectivity index (χ3n) is 3.34. The molecular weight excluding hydrogens is 284 g/mol. The number of aromatic nitrogens is 1. The summed E-state index contributed by atoms with van der Waals surface area (Å²) in [7, 11) is -3.56. The van der Waals surface area contributed by atoms with E-state index in [1.165, 1.54) is 4.88 Å². The van der Waals surface area contributed by atoms with Crippen molar-refractivity contribution >= 4 is 21.7 Å². The second kappa shape index (κ2) is 6.76. The highest BCUT2D eigenvalue weighted by atomic mass is 32.2. The molecule has 1 aromatic heterocycles. The minimum Gasteiger partial charge on any atom is -0.303 e. The molecule has 0 bridgehead atoms. The van der Waals surface area contributed by atoms with Crippen LogP contribution in [0.25, 0.3) is 0 Å². The molecule has 8 heteroatoms. The smallest absolute Gasteiger partial charge is 0.274 e. The first-order chi connectivity index (χ1) is 9.03. The molecule has 1 atom stereocenters. The molecule has 0 aromatic carbocycles. The van der Waals surface area contributed by atoms with Crippen molar-refractivity contribution in [2.75, 3.05) is 26.2 Å². The molecule has 0 amide bonds. The normalized spacial score (nSPS) is 21.6. The van der Waals surface area contributed by atoms with Gasteiger partial charge in [0.05, 0.1) is 0 Å². The molecular formula is C11H20N4O2S2. The van der Waals surface area contributed by atoms with E-state index in [1.807, 2.05) is 6.20 Å². The summed E-state index contributed by atoms with van der Waals surface area (Å²) in [5, 5.41) is 4.95. The Balaban J connectivity index is 1.74. The van der Waals surface area contributed by atoms with Crippen LogP contribution in [0.1, 0.15) is 17.7 Å². The van der Waals surface area contributed by atoms with Gasteiger partial charge in [-0.3, -0.25) is 0 Å². The summed E-state index contributed by atoms with van der Waals surface area (Å²) in [4.78, 5) is 3.68. The van der Waals surface area contributed by atoms with Crippen molar-refractivity contribution in [2.24, 2.45) is 11.1 Å². The van der Waals surface area contributed by atoms with Crippen LogP contribution >= 0.6 is 11.5 Å². The van der Waals surface area contributed by atoms with Gasteiger partial charge in [-0.1, -0.05) is 0 Å². The summed E-state index contributed by atoms with van der Waals surface area (Å²) in [6.45, 7) is 3.47. The zero-order chi connectivity index (χ0) is 13.7. The maximum Gasteiger partial charge on any atom is 0.274 e. The maximum atomic E-state index is 10.9. The fourth-order valence-electron chi connectivity index (χ4n) is 2.39. The number of hydrogen-bond donors (Lipinski definition) is 2. The van der Waals surface area contributed by atoms with Crippen molar-refractivity contribution in [3.8, 4) is 0 Å². The largest absolute Gasteiger partial charge is 0.303 e. The SMILES string of the molecule is NS(=O)(=O)NCC1CCCN(CCc2ccns2)C1. The zero-order valence-corrected chi connectivity index (χ0v) is 12.4. The van der Waals surface area contributed by atoms with Crippen LogP contribution in [0.2, 0.25) is 0 Å². The Labute approximate surface area is 118 Å². The van der Waals surface area contributed by atoms with E-state index in [1.54, 1.807) is 11.5 Å². The third kappa shape index (κ3) is 5.53. The van der Waals surface area contributed by atoms with Crippen molar-refractivity contribution in [1.82, 2.24) is 14.0 Å². The van der Waals surface area contributed by atoms with E-state index in [9.17, 15) is 8.42 Å². The Morgan fingerprint density at radius 3 is 3.11 bits per heavy atom. The second-order valence-electron chi connectivity index (χ2n) is 4.93. The van der Waals surface area contributed by atoms with E-state index < -0.39 is 10.2 Å². The topological polar surface area (TPSA) is 88.3 Å². The van der Waals surface area contributed by atoms with E-state index in [0.29, 0.717) is 12.5 Å². The average Bonchev–Trinajstić information content (AvgIpc) is 2.87. The van der Waals surface area contributed by atoms with Crippen molar-refractivity contribution in [3.63, 3.8) is 0 Å². The van der Waals surface area contributed by atoms with Crippen LogP contribution in [-0.4, -0.2) is 43.9 Å². The highest BCUT2D eigenvalue weighted by molar-refractivity contribution is 7.87. The number of rotatable bonds is 6. The number of nitrogens with two attached hydrogens (primary N) is 1. The van der Waals surface area contributed by atoms with Crippen LogP contribution in [-0.2, 0) is 16.6 Å². The Bertz CT molecular complexity index is 475. The fourth-order valence-corrected chi connectivity index (χ4v) is 3.42. The van der Waals surface area contributed by atoms with E-state index >= 15 is 0 Å². The van der Waals surface area contributed by atoms with E-state index in [-0.39, 0.29) is 0 Å². The Hall–Kier alpha value is -0.540. The predicted molar refractivity (Wildman–Crippen MR) is 76.1 cm³/mol. The van der Waals surface area contributed by atoms with E-state index in [4.69, 9.17) is 5.14 Å². The molecule has 0 radical (unpaired) electrons. The highest BCUT2D eigenvalue weighted by Gasteiger charge is 2.20. The molecule has 108 valence electrons. The van der Waals surface area contributed by atoms with Gasteiger partial charge in [0, 0.05) is 30.7 Å². The van der Waals surface area contributed by atoms with Crippen molar-refractivity contribution in [1.29, 1.82) is 0 Å². The molecule has 1 fully saturated rings. The number of likely N-dealkylation sites (tertiary alicyclic amines) is 1. The first-order valence-electron chi connectivity index (χ1n) is 6.42. The molecule has 1 aliphatic rings. The maximum absolute atomic E-state index is 10.9. The number of piperidine rings is 1. The van der Waals surface area contributed by atoms with Crippen LogP contribution in [0.3, 0.4) is 0 Å². The van der Waals surface area contributed by atoms with Gasteiger partial charge in [-0.05, 0) is 49.3 Å². The van der Waals surface area contributed by atoms with Crippen LogP contribution in [0.4, 0.5) is 0 Å².